The summed E-state index contributed by atoms with van der Waals surface area (Å²) in [6.45, 7) is 6.29. The van der Waals surface area contributed by atoms with Gasteiger partial charge in [0.25, 0.3) is 0 Å². The van der Waals surface area contributed by atoms with Crippen LogP contribution >= 0.6 is 0 Å². The summed E-state index contributed by atoms with van der Waals surface area (Å²) in [5, 5.41) is 9.29. The number of hydrogen-bond acceptors (Lipinski definition) is 4. The molecule has 1 heterocycles. The van der Waals surface area contributed by atoms with E-state index in [1.165, 1.54) is 11.3 Å². The lowest BCUT2D eigenvalue weighted by Gasteiger charge is -2.39. The lowest BCUT2D eigenvalue weighted by Crippen LogP contribution is -2.48. The standard InChI is InChI=1S/C14H22N2O2/c1-10-4-3-5-12(6-15)14(10)16-7-11(2)18-13(8-16)9-17/h3-5,11,13,17H,6-9,15H2,1-2H3. The molecule has 4 nitrogen and oxygen atoms in total. The molecular weight excluding hydrogens is 228 g/mol. The monoisotopic (exact) mass is 250 g/mol. The van der Waals surface area contributed by atoms with Crippen molar-refractivity contribution in [2.45, 2.75) is 32.6 Å². The fourth-order valence-corrected chi connectivity index (χ4v) is 2.67. The van der Waals surface area contributed by atoms with Gasteiger partial charge in [-0.3, -0.25) is 0 Å². The third kappa shape index (κ3) is 2.66. The largest absolute Gasteiger partial charge is 0.394 e. The quantitative estimate of drug-likeness (QED) is 0.841. The van der Waals surface area contributed by atoms with Crippen LogP contribution in [0.3, 0.4) is 0 Å². The molecule has 18 heavy (non-hydrogen) atoms. The number of hydrogen-bond donors (Lipinski definition) is 2. The molecule has 1 fully saturated rings. The molecule has 0 radical (unpaired) electrons. The van der Waals surface area contributed by atoms with Gasteiger partial charge in [-0.1, -0.05) is 18.2 Å². The fraction of sp³-hybridized carbons (Fsp3) is 0.571. The summed E-state index contributed by atoms with van der Waals surface area (Å²) in [5.41, 5.74) is 9.40. The summed E-state index contributed by atoms with van der Waals surface area (Å²) in [4.78, 5) is 2.28. The van der Waals surface area contributed by atoms with Crippen LogP contribution in [0.4, 0.5) is 5.69 Å². The highest BCUT2D eigenvalue weighted by atomic mass is 16.5. The van der Waals surface area contributed by atoms with Crippen molar-refractivity contribution in [2.75, 3.05) is 24.6 Å². The maximum absolute atomic E-state index is 9.29. The zero-order valence-corrected chi connectivity index (χ0v) is 11.1. The predicted octanol–water partition coefficient (Wildman–Crippen LogP) is 1.04. The second kappa shape index (κ2) is 5.69. The van der Waals surface area contributed by atoms with Gasteiger partial charge in [0, 0.05) is 25.3 Å². The van der Waals surface area contributed by atoms with Gasteiger partial charge in [-0.25, -0.2) is 0 Å². The number of aryl methyl sites for hydroxylation is 1. The molecule has 0 aromatic heterocycles. The van der Waals surface area contributed by atoms with Gasteiger partial charge in [-0.15, -0.1) is 0 Å². The van der Waals surface area contributed by atoms with Gasteiger partial charge in [0.1, 0.15) is 0 Å². The van der Waals surface area contributed by atoms with E-state index in [4.69, 9.17) is 10.5 Å². The number of nitrogens with zero attached hydrogens (tertiary/aromatic N) is 1. The van der Waals surface area contributed by atoms with Gasteiger partial charge in [0.2, 0.25) is 0 Å². The molecule has 2 rings (SSSR count). The number of anilines is 1. The summed E-state index contributed by atoms with van der Waals surface area (Å²) in [6.07, 6.45) is 0.0140. The summed E-state index contributed by atoms with van der Waals surface area (Å²) >= 11 is 0. The SMILES string of the molecule is Cc1cccc(CN)c1N1CC(C)OC(CO)C1. The zero-order chi connectivity index (χ0) is 13.1. The van der Waals surface area contributed by atoms with E-state index in [2.05, 4.69) is 24.0 Å². The number of aliphatic hydroxyl groups excluding tert-OH is 1. The molecule has 0 bridgehead atoms. The second-order valence-electron chi connectivity index (χ2n) is 4.94. The molecule has 1 aromatic rings. The number of nitrogens with two attached hydrogens (primary N) is 1. The van der Waals surface area contributed by atoms with Gasteiger partial charge in [0.15, 0.2) is 0 Å². The van der Waals surface area contributed by atoms with E-state index in [0.29, 0.717) is 6.54 Å². The Hall–Kier alpha value is -1.10. The number of rotatable bonds is 3. The first kappa shape index (κ1) is 13.3. The molecule has 2 unspecified atom stereocenters. The van der Waals surface area contributed by atoms with Crippen LogP contribution in [0.2, 0.25) is 0 Å². The van der Waals surface area contributed by atoms with E-state index in [9.17, 15) is 5.11 Å². The first-order chi connectivity index (χ1) is 8.65. The van der Waals surface area contributed by atoms with Gasteiger partial charge in [-0.05, 0) is 25.0 Å². The Bertz CT molecular complexity index is 409. The molecule has 1 aromatic carbocycles. The third-order valence-corrected chi connectivity index (χ3v) is 3.39. The first-order valence-electron chi connectivity index (χ1n) is 6.45. The lowest BCUT2D eigenvalue weighted by atomic mass is 10.0. The minimum atomic E-state index is -0.112. The third-order valence-electron chi connectivity index (χ3n) is 3.39. The summed E-state index contributed by atoms with van der Waals surface area (Å²) in [5.74, 6) is 0. The molecule has 1 saturated heterocycles. The molecule has 3 N–H and O–H groups in total. The number of para-hydroxylation sites is 1. The zero-order valence-electron chi connectivity index (χ0n) is 11.1. The highest BCUT2D eigenvalue weighted by Crippen LogP contribution is 2.27. The van der Waals surface area contributed by atoms with Crippen LogP contribution in [-0.4, -0.2) is 37.0 Å². The minimum absolute atomic E-state index is 0.0602. The molecule has 0 amide bonds. The Morgan fingerprint density at radius 2 is 2.22 bits per heavy atom. The van der Waals surface area contributed by atoms with E-state index in [1.807, 2.05) is 13.0 Å². The highest BCUT2D eigenvalue weighted by Gasteiger charge is 2.26. The number of morpholine rings is 1. The van der Waals surface area contributed by atoms with E-state index in [0.717, 1.165) is 18.7 Å². The number of aliphatic hydroxyl groups is 1. The molecule has 1 aliphatic rings. The van der Waals surface area contributed by atoms with Gasteiger partial charge < -0.3 is 20.5 Å². The van der Waals surface area contributed by atoms with Crippen LogP contribution < -0.4 is 10.6 Å². The summed E-state index contributed by atoms with van der Waals surface area (Å²) in [7, 11) is 0. The average molecular weight is 250 g/mol. The Balaban J connectivity index is 2.30. The summed E-state index contributed by atoms with van der Waals surface area (Å²) < 4.78 is 5.68. The Morgan fingerprint density at radius 3 is 2.89 bits per heavy atom. The Morgan fingerprint density at radius 1 is 1.44 bits per heavy atom. The maximum Gasteiger partial charge on any atom is 0.0984 e. The number of benzene rings is 1. The van der Waals surface area contributed by atoms with Crippen molar-refractivity contribution in [1.29, 1.82) is 0 Å². The van der Waals surface area contributed by atoms with Crippen LogP contribution in [0.25, 0.3) is 0 Å². The van der Waals surface area contributed by atoms with Crippen LogP contribution in [0, 0.1) is 6.92 Å². The Kier molecular flexibility index (Phi) is 4.22. The Labute approximate surface area is 108 Å². The van der Waals surface area contributed by atoms with Gasteiger partial charge in [0.05, 0.1) is 18.8 Å². The predicted molar refractivity (Wildman–Crippen MR) is 72.7 cm³/mol. The van der Waals surface area contributed by atoms with Crippen molar-refractivity contribution in [1.82, 2.24) is 0 Å². The van der Waals surface area contributed by atoms with Crippen LogP contribution in [-0.2, 0) is 11.3 Å². The van der Waals surface area contributed by atoms with E-state index < -0.39 is 0 Å². The molecule has 0 aliphatic carbocycles. The second-order valence-corrected chi connectivity index (χ2v) is 4.94. The van der Waals surface area contributed by atoms with Crippen molar-refractivity contribution >= 4 is 5.69 Å². The number of ether oxygens (including phenoxy) is 1. The topological polar surface area (TPSA) is 58.7 Å². The van der Waals surface area contributed by atoms with E-state index >= 15 is 0 Å². The van der Waals surface area contributed by atoms with Crippen molar-refractivity contribution in [3.63, 3.8) is 0 Å². The van der Waals surface area contributed by atoms with Crippen LogP contribution in [0.5, 0.6) is 0 Å². The van der Waals surface area contributed by atoms with Gasteiger partial charge >= 0.3 is 0 Å². The molecule has 2 atom stereocenters. The molecule has 4 heteroatoms. The molecule has 0 spiro atoms. The van der Waals surface area contributed by atoms with Gasteiger partial charge in [-0.2, -0.15) is 0 Å². The maximum atomic E-state index is 9.29. The smallest absolute Gasteiger partial charge is 0.0984 e. The molecule has 0 saturated carbocycles. The van der Waals surface area contributed by atoms with E-state index in [-0.39, 0.29) is 18.8 Å². The normalized spacial score (nSPS) is 24.3. The molecule has 1 aliphatic heterocycles. The van der Waals surface area contributed by atoms with Crippen molar-refractivity contribution in [2.24, 2.45) is 5.73 Å². The lowest BCUT2D eigenvalue weighted by molar-refractivity contribution is -0.0421. The molecular formula is C14H22N2O2. The average Bonchev–Trinajstić information content (AvgIpc) is 2.37. The summed E-state index contributed by atoms with van der Waals surface area (Å²) in [6, 6.07) is 6.20. The minimum Gasteiger partial charge on any atom is -0.394 e. The van der Waals surface area contributed by atoms with Crippen LogP contribution in [0.1, 0.15) is 18.1 Å². The van der Waals surface area contributed by atoms with Crippen molar-refractivity contribution < 1.29 is 9.84 Å². The van der Waals surface area contributed by atoms with Crippen molar-refractivity contribution in [3.05, 3.63) is 29.3 Å². The van der Waals surface area contributed by atoms with E-state index in [1.54, 1.807) is 0 Å². The van der Waals surface area contributed by atoms with Crippen molar-refractivity contribution in [3.8, 4) is 0 Å². The fourth-order valence-electron chi connectivity index (χ4n) is 2.67. The van der Waals surface area contributed by atoms with Crippen LogP contribution in [0.15, 0.2) is 18.2 Å². The highest BCUT2D eigenvalue weighted by molar-refractivity contribution is 5.59. The molecule has 100 valence electrons. The first-order valence-corrected chi connectivity index (χ1v) is 6.45.